The molecular weight excluding hydrogens is 268 g/mol. The number of benzene rings is 1. The van der Waals surface area contributed by atoms with Crippen molar-refractivity contribution in [3.05, 3.63) is 40.3 Å². The van der Waals surface area contributed by atoms with Gasteiger partial charge in [0.2, 0.25) is 0 Å². The molecule has 0 aliphatic rings. The average Bonchev–Trinajstić information content (AvgIpc) is 3.05. The molecule has 0 radical (unpaired) electrons. The van der Waals surface area contributed by atoms with Gasteiger partial charge in [-0.15, -0.1) is 11.3 Å². The highest BCUT2D eigenvalue weighted by atomic mass is 32.1. The average molecular weight is 276 g/mol. The van der Waals surface area contributed by atoms with E-state index in [0.29, 0.717) is 11.4 Å². The van der Waals surface area contributed by atoms with E-state index in [1.165, 1.54) is 23.1 Å². The SMILES string of the molecule is O=C(NCc1ccc2nsnc2c1)c1cncs1. The largest absolute Gasteiger partial charge is 0.347 e. The van der Waals surface area contributed by atoms with Crippen LogP contribution in [0, 0.1) is 0 Å². The Kier molecular flexibility index (Phi) is 2.99. The number of thiazole rings is 1. The Labute approximate surface area is 111 Å². The summed E-state index contributed by atoms with van der Waals surface area (Å²) in [5, 5.41) is 2.84. The molecule has 18 heavy (non-hydrogen) atoms. The summed E-state index contributed by atoms with van der Waals surface area (Å²) in [5.41, 5.74) is 4.40. The lowest BCUT2D eigenvalue weighted by atomic mass is 10.2. The fraction of sp³-hybridized carbons (Fsp3) is 0.0909. The summed E-state index contributed by atoms with van der Waals surface area (Å²) >= 11 is 2.52. The van der Waals surface area contributed by atoms with Crippen LogP contribution < -0.4 is 5.32 Å². The van der Waals surface area contributed by atoms with Crippen LogP contribution in [0.25, 0.3) is 11.0 Å². The smallest absolute Gasteiger partial charge is 0.263 e. The van der Waals surface area contributed by atoms with Crippen LogP contribution in [0.3, 0.4) is 0 Å². The monoisotopic (exact) mass is 276 g/mol. The van der Waals surface area contributed by atoms with Gasteiger partial charge in [-0.3, -0.25) is 9.78 Å². The Morgan fingerprint density at radius 1 is 1.28 bits per heavy atom. The van der Waals surface area contributed by atoms with Gasteiger partial charge in [-0.05, 0) is 17.7 Å². The fourth-order valence-electron chi connectivity index (χ4n) is 1.54. The Hall–Kier alpha value is -1.86. The predicted octanol–water partition coefficient (Wildman–Crippen LogP) is 2.08. The molecule has 0 aliphatic heterocycles. The molecule has 2 heterocycles. The van der Waals surface area contributed by atoms with Crippen molar-refractivity contribution >= 4 is 40.0 Å². The number of hydrogen-bond donors (Lipinski definition) is 1. The number of carbonyl (C=O) groups is 1. The summed E-state index contributed by atoms with van der Waals surface area (Å²) < 4.78 is 8.30. The van der Waals surface area contributed by atoms with Gasteiger partial charge in [0.05, 0.1) is 23.4 Å². The lowest BCUT2D eigenvalue weighted by Crippen LogP contribution is -2.21. The molecule has 2 aromatic heterocycles. The van der Waals surface area contributed by atoms with Crippen LogP contribution in [0.4, 0.5) is 0 Å². The first-order valence-electron chi connectivity index (χ1n) is 5.21. The predicted molar refractivity (Wildman–Crippen MR) is 70.7 cm³/mol. The minimum Gasteiger partial charge on any atom is -0.347 e. The molecule has 90 valence electrons. The summed E-state index contributed by atoms with van der Waals surface area (Å²) in [6.45, 7) is 0.476. The highest BCUT2D eigenvalue weighted by molar-refractivity contribution is 7.11. The summed E-state index contributed by atoms with van der Waals surface area (Å²) in [7, 11) is 0. The van der Waals surface area contributed by atoms with Gasteiger partial charge in [-0.2, -0.15) is 8.75 Å². The lowest BCUT2D eigenvalue weighted by Gasteiger charge is -2.03. The molecule has 3 aromatic rings. The second kappa shape index (κ2) is 4.79. The maximum atomic E-state index is 11.7. The van der Waals surface area contributed by atoms with Crippen molar-refractivity contribution in [3.8, 4) is 0 Å². The van der Waals surface area contributed by atoms with E-state index in [1.807, 2.05) is 18.2 Å². The van der Waals surface area contributed by atoms with Crippen LogP contribution in [-0.4, -0.2) is 19.6 Å². The number of rotatable bonds is 3. The Bertz CT molecular complexity index is 677. The second-order valence-corrected chi connectivity index (χ2v) is 5.05. The normalized spacial score (nSPS) is 10.7. The highest BCUT2D eigenvalue weighted by Crippen LogP contribution is 2.13. The highest BCUT2D eigenvalue weighted by Gasteiger charge is 2.07. The number of nitrogens with one attached hydrogen (secondary N) is 1. The molecule has 7 heteroatoms. The van der Waals surface area contributed by atoms with E-state index < -0.39 is 0 Å². The molecule has 1 aromatic carbocycles. The van der Waals surface area contributed by atoms with Gasteiger partial charge in [-0.25, -0.2) is 0 Å². The van der Waals surface area contributed by atoms with Crippen molar-refractivity contribution < 1.29 is 4.79 Å². The molecule has 1 N–H and O–H groups in total. The summed E-state index contributed by atoms with van der Waals surface area (Å²) in [4.78, 5) is 16.2. The minimum absolute atomic E-state index is 0.103. The maximum Gasteiger partial charge on any atom is 0.263 e. The topological polar surface area (TPSA) is 67.8 Å². The van der Waals surface area contributed by atoms with E-state index in [4.69, 9.17) is 0 Å². The number of amides is 1. The van der Waals surface area contributed by atoms with Crippen molar-refractivity contribution in [1.29, 1.82) is 0 Å². The van der Waals surface area contributed by atoms with Crippen LogP contribution in [-0.2, 0) is 6.54 Å². The molecule has 0 unspecified atom stereocenters. The summed E-state index contributed by atoms with van der Waals surface area (Å²) in [6, 6.07) is 5.79. The van der Waals surface area contributed by atoms with Crippen LogP contribution in [0.1, 0.15) is 15.2 Å². The van der Waals surface area contributed by atoms with Crippen molar-refractivity contribution in [3.63, 3.8) is 0 Å². The van der Waals surface area contributed by atoms with Gasteiger partial charge in [0.25, 0.3) is 5.91 Å². The van der Waals surface area contributed by atoms with Gasteiger partial charge in [0.1, 0.15) is 15.9 Å². The molecule has 0 spiro atoms. The van der Waals surface area contributed by atoms with Crippen LogP contribution >= 0.6 is 23.1 Å². The lowest BCUT2D eigenvalue weighted by molar-refractivity contribution is 0.0955. The molecule has 3 rings (SSSR count). The third kappa shape index (κ3) is 2.22. The third-order valence-corrected chi connectivity index (χ3v) is 3.76. The maximum absolute atomic E-state index is 11.7. The molecule has 0 atom stereocenters. The number of aromatic nitrogens is 3. The Balaban J connectivity index is 1.71. The third-order valence-electron chi connectivity index (χ3n) is 2.43. The molecule has 1 amide bonds. The van der Waals surface area contributed by atoms with E-state index in [2.05, 4.69) is 19.0 Å². The van der Waals surface area contributed by atoms with Crippen molar-refractivity contribution in [2.24, 2.45) is 0 Å². The number of fused-ring (bicyclic) bond motifs is 1. The molecule has 0 aliphatic carbocycles. The number of hydrogen-bond acceptors (Lipinski definition) is 6. The molecular formula is C11H8N4OS2. The van der Waals surface area contributed by atoms with Gasteiger partial charge in [-0.1, -0.05) is 6.07 Å². The van der Waals surface area contributed by atoms with Crippen molar-refractivity contribution in [1.82, 2.24) is 19.0 Å². The molecule has 0 bridgehead atoms. The second-order valence-electron chi connectivity index (χ2n) is 3.64. The molecule has 0 fully saturated rings. The Morgan fingerprint density at radius 3 is 3.00 bits per heavy atom. The zero-order valence-corrected chi connectivity index (χ0v) is 10.8. The standard InChI is InChI=1S/C11H8N4OS2/c16-11(10-5-12-6-17-10)13-4-7-1-2-8-9(3-7)15-18-14-8/h1-3,5-6H,4H2,(H,13,16). The van der Waals surface area contributed by atoms with E-state index in [9.17, 15) is 4.79 Å². The van der Waals surface area contributed by atoms with Crippen LogP contribution in [0.15, 0.2) is 29.9 Å². The van der Waals surface area contributed by atoms with E-state index in [0.717, 1.165) is 16.6 Å². The van der Waals surface area contributed by atoms with Crippen LogP contribution in [0.2, 0.25) is 0 Å². The summed E-state index contributed by atoms with van der Waals surface area (Å²) in [5.74, 6) is -0.103. The zero-order valence-electron chi connectivity index (χ0n) is 9.16. The molecule has 0 saturated heterocycles. The number of carbonyl (C=O) groups excluding carboxylic acids is 1. The molecule has 0 saturated carbocycles. The van der Waals surface area contributed by atoms with Gasteiger partial charge < -0.3 is 5.32 Å². The van der Waals surface area contributed by atoms with Gasteiger partial charge in [0.15, 0.2) is 0 Å². The van der Waals surface area contributed by atoms with E-state index in [-0.39, 0.29) is 5.91 Å². The Morgan fingerprint density at radius 2 is 2.17 bits per heavy atom. The van der Waals surface area contributed by atoms with E-state index >= 15 is 0 Å². The van der Waals surface area contributed by atoms with Gasteiger partial charge in [0, 0.05) is 6.54 Å². The molecule has 5 nitrogen and oxygen atoms in total. The van der Waals surface area contributed by atoms with Crippen LogP contribution in [0.5, 0.6) is 0 Å². The van der Waals surface area contributed by atoms with E-state index in [1.54, 1.807) is 11.7 Å². The first-order chi connectivity index (χ1) is 8.83. The quantitative estimate of drug-likeness (QED) is 0.795. The first kappa shape index (κ1) is 11.2. The fourth-order valence-corrected chi connectivity index (χ4v) is 2.59. The zero-order chi connectivity index (χ0) is 12.4. The van der Waals surface area contributed by atoms with Crippen molar-refractivity contribution in [2.75, 3.05) is 0 Å². The first-order valence-corrected chi connectivity index (χ1v) is 6.82. The summed E-state index contributed by atoms with van der Waals surface area (Å²) in [6.07, 6.45) is 1.56. The van der Waals surface area contributed by atoms with Crippen molar-refractivity contribution in [2.45, 2.75) is 6.54 Å². The minimum atomic E-state index is -0.103. The van der Waals surface area contributed by atoms with Gasteiger partial charge >= 0.3 is 0 Å². The number of nitrogens with zero attached hydrogens (tertiary/aromatic N) is 3.